The van der Waals surface area contributed by atoms with Crippen LogP contribution >= 0.6 is 11.6 Å². The molecule has 1 aromatic heterocycles. The molecule has 0 spiro atoms. The van der Waals surface area contributed by atoms with Gasteiger partial charge < -0.3 is 5.73 Å². The van der Waals surface area contributed by atoms with Crippen LogP contribution in [-0.2, 0) is 0 Å². The van der Waals surface area contributed by atoms with E-state index in [0.29, 0.717) is 21.9 Å². The molecular weight excluding hydrogens is 272 g/mol. The summed E-state index contributed by atoms with van der Waals surface area (Å²) in [4.78, 5) is 12.7. The molecule has 0 aliphatic carbocycles. The van der Waals surface area contributed by atoms with Gasteiger partial charge in [-0.25, -0.2) is 0 Å². The van der Waals surface area contributed by atoms with E-state index in [-0.39, 0.29) is 5.56 Å². The van der Waals surface area contributed by atoms with Gasteiger partial charge in [0.25, 0.3) is 5.56 Å². The van der Waals surface area contributed by atoms with Crippen LogP contribution in [0.3, 0.4) is 0 Å². The van der Waals surface area contributed by atoms with E-state index in [1.807, 2.05) is 37.3 Å². The number of aromatic nitrogens is 1. The molecule has 20 heavy (non-hydrogen) atoms. The number of pyridine rings is 1. The molecule has 0 saturated carbocycles. The zero-order valence-corrected chi connectivity index (χ0v) is 11.7. The Labute approximate surface area is 121 Å². The van der Waals surface area contributed by atoms with Crippen molar-refractivity contribution in [3.8, 4) is 5.69 Å². The molecule has 3 aromatic rings. The molecule has 0 saturated heterocycles. The van der Waals surface area contributed by atoms with Crippen molar-refractivity contribution in [2.75, 3.05) is 5.73 Å². The quantitative estimate of drug-likeness (QED) is 0.743. The lowest BCUT2D eigenvalue weighted by Crippen LogP contribution is -2.22. The number of nitrogen functional groups attached to an aromatic ring is 1. The second-order valence-electron chi connectivity index (χ2n) is 4.68. The van der Waals surface area contributed by atoms with Gasteiger partial charge in [-0.3, -0.25) is 9.36 Å². The Balaban J connectivity index is 2.43. The lowest BCUT2D eigenvalue weighted by Gasteiger charge is -2.14. The first-order valence-electron chi connectivity index (χ1n) is 6.25. The van der Waals surface area contributed by atoms with Crippen LogP contribution in [0.4, 0.5) is 5.82 Å². The van der Waals surface area contributed by atoms with Crippen LogP contribution in [0.5, 0.6) is 0 Å². The Hall–Kier alpha value is -2.26. The van der Waals surface area contributed by atoms with E-state index in [4.69, 9.17) is 17.3 Å². The van der Waals surface area contributed by atoms with Crippen molar-refractivity contribution in [1.82, 2.24) is 4.57 Å². The fourth-order valence-electron chi connectivity index (χ4n) is 2.37. The summed E-state index contributed by atoms with van der Waals surface area (Å²) < 4.78 is 1.50. The van der Waals surface area contributed by atoms with Gasteiger partial charge in [0.05, 0.1) is 5.69 Å². The van der Waals surface area contributed by atoms with Gasteiger partial charge in [-0.1, -0.05) is 35.9 Å². The Morgan fingerprint density at radius 2 is 1.85 bits per heavy atom. The highest BCUT2D eigenvalue weighted by Crippen LogP contribution is 2.24. The molecule has 1 heterocycles. The van der Waals surface area contributed by atoms with E-state index in [1.54, 1.807) is 18.2 Å². The number of nitrogens with zero attached hydrogens (tertiary/aromatic N) is 1. The zero-order chi connectivity index (χ0) is 14.3. The van der Waals surface area contributed by atoms with E-state index in [2.05, 4.69) is 0 Å². The van der Waals surface area contributed by atoms with Crippen LogP contribution in [0.15, 0.2) is 53.3 Å². The molecule has 2 aromatic carbocycles. The predicted octanol–water partition coefficient (Wildman–Crippen LogP) is 3.53. The lowest BCUT2D eigenvalue weighted by atomic mass is 10.1. The summed E-state index contributed by atoms with van der Waals surface area (Å²) in [6.45, 7) is 1.87. The summed E-state index contributed by atoms with van der Waals surface area (Å²) in [5.74, 6) is 0.402. The molecule has 4 heteroatoms. The first-order valence-corrected chi connectivity index (χ1v) is 6.63. The Kier molecular flexibility index (Phi) is 2.99. The average molecular weight is 285 g/mol. The van der Waals surface area contributed by atoms with Crippen molar-refractivity contribution in [2.45, 2.75) is 6.92 Å². The molecule has 2 N–H and O–H groups in total. The van der Waals surface area contributed by atoms with Crippen LogP contribution in [0.2, 0.25) is 5.02 Å². The van der Waals surface area contributed by atoms with E-state index >= 15 is 0 Å². The Morgan fingerprint density at radius 3 is 2.65 bits per heavy atom. The van der Waals surface area contributed by atoms with E-state index in [9.17, 15) is 4.79 Å². The number of rotatable bonds is 1. The highest BCUT2D eigenvalue weighted by molar-refractivity contribution is 6.31. The van der Waals surface area contributed by atoms with Gasteiger partial charge in [0.1, 0.15) is 5.82 Å². The number of hydrogen-bond donors (Lipinski definition) is 1. The van der Waals surface area contributed by atoms with Crippen LogP contribution in [0.1, 0.15) is 5.56 Å². The van der Waals surface area contributed by atoms with Gasteiger partial charge in [-0.2, -0.15) is 0 Å². The second kappa shape index (κ2) is 4.69. The van der Waals surface area contributed by atoms with Gasteiger partial charge in [-0.15, -0.1) is 0 Å². The molecule has 100 valence electrons. The highest BCUT2D eigenvalue weighted by atomic mass is 35.5. The van der Waals surface area contributed by atoms with Crippen molar-refractivity contribution in [3.05, 3.63) is 69.5 Å². The van der Waals surface area contributed by atoms with Crippen LogP contribution in [0.25, 0.3) is 16.5 Å². The first-order chi connectivity index (χ1) is 9.59. The third kappa shape index (κ3) is 1.87. The number of halogens is 1. The zero-order valence-electron chi connectivity index (χ0n) is 10.9. The summed E-state index contributed by atoms with van der Waals surface area (Å²) in [7, 11) is 0. The third-order valence-corrected chi connectivity index (χ3v) is 3.85. The molecule has 0 unspecified atom stereocenters. The van der Waals surface area contributed by atoms with E-state index < -0.39 is 0 Å². The minimum absolute atomic E-state index is 0.133. The molecule has 0 fully saturated rings. The third-order valence-electron chi connectivity index (χ3n) is 3.44. The maximum absolute atomic E-state index is 12.7. The molecule has 0 aliphatic rings. The SMILES string of the molecule is Cc1c(Cl)cccc1-n1c(N)cc2ccccc2c1=O. The largest absolute Gasteiger partial charge is 0.385 e. The van der Waals surface area contributed by atoms with Gasteiger partial charge in [0, 0.05) is 10.4 Å². The van der Waals surface area contributed by atoms with Gasteiger partial charge >= 0.3 is 0 Å². The normalized spacial score (nSPS) is 10.9. The van der Waals surface area contributed by atoms with Crippen LogP contribution < -0.4 is 11.3 Å². The monoisotopic (exact) mass is 284 g/mol. The molecule has 0 radical (unpaired) electrons. The summed E-state index contributed by atoms with van der Waals surface area (Å²) in [6.07, 6.45) is 0. The Morgan fingerprint density at radius 1 is 1.10 bits per heavy atom. The Bertz CT molecular complexity index is 868. The number of fused-ring (bicyclic) bond motifs is 1. The van der Waals surface area contributed by atoms with Gasteiger partial charge in [0.2, 0.25) is 0 Å². The van der Waals surface area contributed by atoms with Gasteiger partial charge in [0.15, 0.2) is 0 Å². The topological polar surface area (TPSA) is 48.0 Å². The smallest absolute Gasteiger partial charge is 0.264 e. The lowest BCUT2D eigenvalue weighted by molar-refractivity contribution is 1.01. The standard InChI is InChI=1S/C16H13ClN2O/c1-10-13(17)7-4-8-14(10)19-15(18)9-11-5-2-3-6-12(11)16(19)20/h2-9H,18H2,1H3. The minimum Gasteiger partial charge on any atom is -0.385 e. The number of hydrogen-bond acceptors (Lipinski definition) is 2. The number of benzene rings is 2. The van der Waals surface area contributed by atoms with Gasteiger partial charge in [-0.05, 0) is 42.1 Å². The summed E-state index contributed by atoms with van der Waals surface area (Å²) in [5, 5.41) is 2.09. The molecule has 0 bridgehead atoms. The maximum atomic E-state index is 12.7. The van der Waals surface area contributed by atoms with E-state index in [0.717, 1.165) is 10.9 Å². The minimum atomic E-state index is -0.133. The van der Waals surface area contributed by atoms with Crippen molar-refractivity contribution in [3.63, 3.8) is 0 Å². The van der Waals surface area contributed by atoms with Crippen LogP contribution in [0, 0.1) is 6.92 Å². The molecule has 0 aliphatic heterocycles. The second-order valence-corrected chi connectivity index (χ2v) is 5.09. The number of nitrogens with two attached hydrogens (primary N) is 1. The predicted molar refractivity (Wildman–Crippen MR) is 83.7 cm³/mol. The summed E-state index contributed by atoms with van der Waals surface area (Å²) >= 11 is 6.13. The number of anilines is 1. The van der Waals surface area contributed by atoms with Crippen molar-refractivity contribution >= 4 is 28.2 Å². The first kappa shape index (κ1) is 12.8. The molecule has 0 amide bonds. The van der Waals surface area contributed by atoms with Crippen molar-refractivity contribution in [1.29, 1.82) is 0 Å². The van der Waals surface area contributed by atoms with E-state index in [1.165, 1.54) is 4.57 Å². The highest BCUT2D eigenvalue weighted by Gasteiger charge is 2.11. The maximum Gasteiger partial charge on any atom is 0.264 e. The fourth-order valence-corrected chi connectivity index (χ4v) is 2.54. The molecule has 3 nitrogen and oxygen atoms in total. The summed E-state index contributed by atoms with van der Waals surface area (Å²) in [5.41, 5.74) is 7.47. The average Bonchev–Trinajstić information content (AvgIpc) is 2.43. The molecule has 3 rings (SSSR count). The van der Waals surface area contributed by atoms with Crippen LogP contribution in [-0.4, -0.2) is 4.57 Å². The molecular formula is C16H13ClN2O. The fraction of sp³-hybridized carbons (Fsp3) is 0.0625. The molecule has 0 atom stereocenters. The van der Waals surface area contributed by atoms with Crippen molar-refractivity contribution in [2.24, 2.45) is 0 Å². The summed E-state index contributed by atoms with van der Waals surface area (Å²) in [6, 6.07) is 14.7. The van der Waals surface area contributed by atoms with Crippen molar-refractivity contribution < 1.29 is 0 Å².